The molecule has 1 heterocycles. The van der Waals surface area contributed by atoms with Gasteiger partial charge in [0.1, 0.15) is 17.2 Å². The third-order valence-electron chi connectivity index (χ3n) is 5.24. The van der Waals surface area contributed by atoms with E-state index in [4.69, 9.17) is 11.6 Å². The van der Waals surface area contributed by atoms with Crippen molar-refractivity contribution in [1.29, 1.82) is 0 Å². The molecule has 2 N–H and O–H groups in total. The van der Waals surface area contributed by atoms with E-state index in [2.05, 4.69) is 23.8 Å². The average molecular weight is 386 g/mol. The first-order chi connectivity index (χ1) is 13.0. The number of nitrogens with zero attached hydrogens (tertiary/aromatic N) is 3. The molecule has 4 rings (SSSR count). The van der Waals surface area contributed by atoms with Gasteiger partial charge in [-0.1, -0.05) is 25.4 Å². The van der Waals surface area contributed by atoms with Gasteiger partial charge >= 0.3 is 0 Å². The minimum Gasteiger partial charge on any atom is -0.507 e. The third-order valence-corrected chi connectivity index (χ3v) is 5.56. The number of fused-ring (bicyclic) bond motifs is 2. The number of likely N-dealkylation sites (N-methyl/N-ethyl adjacent to an activating group) is 1. The molecule has 0 fully saturated rings. The fourth-order valence-electron chi connectivity index (χ4n) is 3.76. The SMILES string of the molecule is CCN(CC)CCn1nc2c3c(c(Cl)ccc31)C(=O)c1c(O)ccc(O)c1-2. The number of benzene rings is 2. The van der Waals surface area contributed by atoms with E-state index < -0.39 is 5.78 Å². The molecule has 0 spiro atoms. The van der Waals surface area contributed by atoms with Gasteiger partial charge in [-0.15, -0.1) is 0 Å². The fourth-order valence-corrected chi connectivity index (χ4v) is 4.01. The highest BCUT2D eigenvalue weighted by Crippen LogP contribution is 2.47. The number of hydrogen-bond donors (Lipinski definition) is 2. The average Bonchev–Trinajstić information content (AvgIpc) is 3.02. The summed E-state index contributed by atoms with van der Waals surface area (Å²) < 4.78 is 1.84. The van der Waals surface area contributed by atoms with Crippen molar-refractivity contribution in [2.24, 2.45) is 0 Å². The van der Waals surface area contributed by atoms with Crippen LogP contribution in [0.2, 0.25) is 5.02 Å². The molecule has 0 unspecified atom stereocenters. The number of hydrogen-bond acceptors (Lipinski definition) is 5. The highest BCUT2D eigenvalue weighted by atomic mass is 35.5. The maximum atomic E-state index is 13.1. The summed E-state index contributed by atoms with van der Waals surface area (Å²) in [6.07, 6.45) is 0. The van der Waals surface area contributed by atoms with Crippen molar-refractivity contribution in [3.05, 3.63) is 40.4 Å². The second-order valence-corrected chi connectivity index (χ2v) is 7.01. The lowest BCUT2D eigenvalue weighted by molar-refractivity contribution is 0.103. The van der Waals surface area contributed by atoms with Crippen LogP contribution >= 0.6 is 11.6 Å². The molecule has 140 valence electrons. The van der Waals surface area contributed by atoms with Crippen molar-refractivity contribution in [2.75, 3.05) is 19.6 Å². The number of aromatic nitrogens is 2. The number of rotatable bonds is 5. The van der Waals surface area contributed by atoms with Gasteiger partial charge in [-0.25, -0.2) is 0 Å². The topological polar surface area (TPSA) is 78.6 Å². The molecule has 1 aliphatic rings. The summed E-state index contributed by atoms with van der Waals surface area (Å²) in [5.41, 5.74) is 1.90. The predicted octanol–water partition coefficient (Wildman–Crippen LogP) is 3.65. The van der Waals surface area contributed by atoms with Gasteiger partial charge in [0.25, 0.3) is 0 Å². The van der Waals surface area contributed by atoms with Crippen LogP contribution in [-0.2, 0) is 6.54 Å². The van der Waals surface area contributed by atoms with E-state index in [0.717, 1.165) is 25.2 Å². The zero-order valence-corrected chi connectivity index (χ0v) is 15.9. The maximum absolute atomic E-state index is 13.1. The summed E-state index contributed by atoms with van der Waals surface area (Å²) in [6, 6.07) is 6.21. The zero-order valence-electron chi connectivity index (χ0n) is 15.2. The van der Waals surface area contributed by atoms with Crippen LogP contribution in [-0.4, -0.2) is 50.3 Å². The number of phenols is 2. The molecular formula is C20H20ClN3O3. The van der Waals surface area contributed by atoms with Crippen molar-refractivity contribution in [1.82, 2.24) is 14.7 Å². The lowest BCUT2D eigenvalue weighted by atomic mass is 9.86. The van der Waals surface area contributed by atoms with Gasteiger partial charge in [0.15, 0.2) is 5.78 Å². The molecule has 0 amide bonds. The van der Waals surface area contributed by atoms with Crippen LogP contribution in [0.5, 0.6) is 11.5 Å². The van der Waals surface area contributed by atoms with Gasteiger partial charge in [-0.05, 0) is 37.4 Å². The monoisotopic (exact) mass is 385 g/mol. The van der Waals surface area contributed by atoms with E-state index >= 15 is 0 Å². The minimum atomic E-state index is -0.398. The Balaban J connectivity index is 1.97. The molecule has 3 aromatic rings. The molecule has 0 aliphatic heterocycles. The molecular weight excluding hydrogens is 366 g/mol. The summed E-state index contributed by atoms with van der Waals surface area (Å²) in [5.74, 6) is -0.675. The van der Waals surface area contributed by atoms with E-state index in [-0.39, 0.29) is 22.6 Å². The molecule has 1 aromatic heterocycles. The molecule has 7 heteroatoms. The van der Waals surface area contributed by atoms with Crippen LogP contribution in [0.4, 0.5) is 0 Å². The van der Waals surface area contributed by atoms with E-state index in [1.54, 1.807) is 6.07 Å². The predicted molar refractivity (Wildman–Crippen MR) is 105 cm³/mol. The Morgan fingerprint density at radius 1 is 1.04 bits per heavy atom. The molecule has 0 atom stereocenters. The highest BCUT2D eigenvalue weighted by Gasteiger charge is 2.34. The summed E-state index contributed by atoms with van der Waals surface area (Å²) in [5, 5.41) is 26.3. The van der Waals surface area contributed by atoms with Crippen molar-refractivity contribution in [2.45, 2.75) is 20.4 Å². The van der Waals surface area contributed by atoms with Crippen molar-refractivity contribution < 1.29 is 15.0 Å². The van der Waals surface area contributed by atoms with Crippen LogP contribution in [0.1, 0.15) is 29.8 Å². The zero-order chi connectivity index (χ0) is 19.3. The molecule has 0 radical (unpaired) electrons. The first-order valence-corrected chi connectivity index (χ1v) is 9.37. The first-order valence-electron chi connectivity index (χ1n) is 8.99. The molecule has 27 heavy (non-hydrogen) atoms. The van der Waals surface area contributed by atoms with Crippen LogP contribution in [0.3, 0.4) is 0 Å². The standard InChI is InChI=1S/C20H20ClN3O3/c1-3-23(4-2)9-10-24-12-6-5-11(21)15-16(12)19(22-24)17-13(25)7-8-14(26)18(17)20(15)27/h5-8,25-26H,3-4,9-10H2,1-2H3. The summed E-state index contributed by atoms with van der Waals surface area (Å²) in [4.78, 5) is 15.3. The second-order valence-electron chi connectivity index (χ2n) is 6.60. The number of phenolic OH excluding ortho intramolecular Hbond substituents is 2. The number of halogens is 1. The van der Waals surface area contributed by atoms with Crippen LogP contribution < -0.4 is 0 Å². The van der Waals surface area contributed by atoms with Crippen molar-refractivity contribution >= 4 is 28.3 Å². The Morgan fingerprint density at radius 3 is 2.37 bits per heavy atom. The second kappa shape index (κ2) is 6.55. The largest absolute Gasteiger partial charge is 0.507 e. The maximum Gasteiger partial charge on any atom is 0.199 e. The number of carbonyl (C=O) groups excluding carboxylic acids is 1. The Labute approximate surface area is 161 Å². The van der Waals surface area contributed by atoms with E-state index in [1.807, 2.05) is 10.7 Å². The Hall–Kier alpha value is -2.57. The van der Waals surface area contributed by atoms with Crippen LogP contribution in [0.15, 0.2) is 24.3 Å². The Bertz CT molecular complexity index is 1070. The van der Waals surface area contributed by atoms with E-state index in [0.29, 0.717) is 28.2 Å². The first kappa shape index (κ1) is 17.8. The van der Waals surface area contributed by atoms with Gasteiger partial charge in [0, 0.05) is 11.9 Å². The minimum absolute atomic E-state index is 0.0471. The van der Waals surface area contributed by atoms with Crippen molar-refractivity contribution in [3.63, 3.8) is 0 Å². The van der Waals surface area contributed by atoms with Crippen molar-refractivity contribution in [3.8, 4) is 22.8 Å². The quantitative estimate of drug-likeness (QED) is 0.512. The summed E-state index contributed by atoms with van der Waals surface area (Å²) >= 11 is 6.33. The number of carbonyl (C=O) groups is 1. The lowest BCUT2D eigenvalue weighted by Crippen LogP contribution is -2.27. The fraction of sp³-hybridized carbons (Fsp3) is 0.300. The highest BCUT2D eigenvalue weighted by molar-refractivity contribution is 6.39. The smallest absolute Gasteiger partial charge is 0.199 e. The molecule has 2 aromatic carbocycles. The number of aromatic hydroxyl groups is 2. The molecule has 0 saturated heterocycles. The summed E-state index contributed by atoms with van der Waals surface area (Å²) in [6.45, 7) is 7.55. The third kappa shape index (κ3) is 2.59. The number of ketones is 1. The lowest BCUT2D eigenvalue weighted by Gasteiger charge is -2.18. The molecule has 6 nitrogen and oxygen atoms in total. The van der Waals surface area contributed by atoms with Gasteiger partial charge < -0.3 is 15.1 Å². The van der Waals surface area contributed by atoms with Gasteiger partial charge in [-0.3, -0.25) is 9.48 Å². The molecule has 0 bridgehead atoms. The molecule has 1 aliphatic carbocycles. The van der Waals surface area contributed by atoms with Gasteiger partial charge in [0.2, 0.25) is 0 Å². The van der Waals surface area contributed by atoms with Crippen LogP contribution in [0, 0.1) is 0 Å². The van der Waals surface area contributed by atoms with Gasteiger partial charge in [0.05, 0.1) is 33.8 Å². The Morgan fingerprint density at radius 2 is 1.70 bits per heavy atom. The summed E-state index contributed by atoms with van der Waals surface area (Å²) in [7, 11) is 0. The Kier molecular flexibility index (Phi) is 4.32. The normalized spacial score (nSPS) is 12.8. The molecule has 0 saturated carbocycles. The van der Waals surface area contributed by atoms with Gasteiger partial charge in [-0.2, -0.15) is 5.10 Å². The van der Waals surface area contributed by atoms with Crippen LogP contribution in [0.25, 0.3) is 22.2 Å². The van der Waals surface area contributed by atoms with E-state index in [9.17, 15) is 15.0 Å². The van der Waals surface area contributed by atoms with E-state index in [1.165, 1.54) is 12.1 Å².